The van der Waals surface area contributed by atoms with Crippen molar-refractivity contribution in [3.05, 3.63) is 52.2 Å². The maximum Gasteiger partial charge on any atom is 0.295 e. The fourth-order valence-electron chi connectivity index (χ4n) is 4.82. The number of aliphatic hydroxyl groups excluding tert-OH is 5. The highest BCUT2D eigenvalue weighted by Gasteiger charge is 2.52. The quantitative estimate of drug-likeness (QED) is 0.131. The van der Waals surface area contributed by atoms with Crippen LogP contribution in [0.1, 0.15) is 5.56 Å². The Morgan fingerprint density at radius 1 is 0.733 bits per heavy atom. The van der Waals surface area contributed by atoms with Crippen molar-refractivity contribution in [3.63, 3.8) is 0 Å². The molecule has 0 spiro atoms. The molecule has 4 unspecified atom stereocenters. The molecule has 2 aromatic carbocycles. The molecule has 17 heteroatoms. The van der Waals surface area contributed by atoms with Crippen LogP contribution in [0.5, 0.6) is 17.2 Å². The van der Waals surface area contributed by atoms with Gasteiger partial charge in [-0.3, -0.25) is 19.1 Å². The zero-order chi connectivity index (χ0) is 32.6. The van der Waals surface area contributed by atoms with E-state index in [0.717, 1.165) is 12.1 Å². The molecule has 3 heterocycles. The molecule has 2 fully saturated rings. The average molecular weight is 637 g/mol. The van der Waals surface area contributed by atoms with Gasteiger partial charge in [-0.2, -0.15) is 0 Å². The number of phenols is 2. The number of carbonyl (C=O) groups is 2. The lowest BCUT2D eigenvalue weighted by Gasteiger charge is -2.45. The van der Waals surface area contributed by atoms with Gasteiger partial charge in [0.25, 0.3) is 12.9 Å². The van der Waals surface area contributed by atoms with Gasteiger partial charge in [-0.05, 0) is 18.6 Å². The summed E-state index contributed by atoms with van der Waals surface area (Å²) in [5.41, 5.74) is 0.0966. The fraction of sp³-hybridized carbons (Fsp3) is 0.393. The first-order chi connectivity index (χ1) is 21.4. The largest absolute Gasteiger partial charge is 0.508 e. The summed E-state index contributed by atoms with van der Waals surface area (Å²) in [5, 5.41) is 72.5. The molecule has 7 N–H and O–H groups in total. The fourth-order valence-corrected chi connectivity index (χ4v) is 4.82. The maximum absolute atomic E-state index is 12.9. The van der Waals surface area contributed by atoms with E-state index in [9.17, 15) is 50.1 Å². The van der Waals surface area contributed by atoms with Crippen LogP contribution in [0.4, 0.5) is 0 Å². The van der Waals surface area contributed by atoms with Crippen molar-refractivity contribution in [3.8, 4) is 28.6 Å². The van der Waals surface area contributed by atoms with E-state index in [0.29, 0.717) is 11.1 Å². The van der Waals surface area contributed by atoms with E-state index in [1.807, 2.05) is 0 Å². The minimum Gasteiger partial charge on any atom is -0.508 e. The molecule has 45 heavy (non-hydrogen) atoms. The summed E-state index contributed by atoms with van der Waals surface area (Å²) in [6, 6.07) is 7.84. The van der Waals surface area contributed by atoms with E-state index in [4.69, 9.17) is 23.4 Å². The zero-order valence-corrected chi connectivity index (χ0v) is 23.1. The molecular weight excluding hydrogens is 608 g/mol. The number of aliphatic hydroxyl groups is 5. The second kappa shape index (κ2) is 13.0. The highest BCUT2D eigenvalue weighted by molar-refractivity contribution is 5.86. The first-order valence-electron chi connectivity index (χ1n) is 13.3. The molecule has 2 saturated heterocycles. The van der Waals surface area contributed by atoms with Gasteiger partial charge in [0.05, 0.1) is 0 Å². The Labute approximate surface area is 251 Å². The van der Waals surface area contributed by atoms with Crippen LogP contribution >= 0.6 is 0 Å². The average Bonchev–Trinajstić information content (AvgIpc) is 2.99. The Morgan fingerprint density at radius 2 is 1.36 bits per heavy atom. The van der Waals surface area contributed by atoms with Crippen LogP contribution in [-0.2, 0) is 33.3 Å². The number of carbonyl (C=O) groups excluding carboxylic acids is 2. The summed E-state index contributed by atoms with van der Waals surface area (Å²) < 4.78 is 37.1. The summed E-state index contributed by atoms with van der Waals surface area (Å²) in [7, 11) is 0. The van der Waals surface area contributed by atoms with Crippen molar-refractivity contribution >= 4 is 23.9 Å². The number of fused-ring (bicyclic) bond motifs is 1. The van der Waals surface area contributed by atoms with Crippen LogP contribution in [0.3, 0.4) is 0 Å². The maximum atomic E-state index is 12.9. The molecule has 5 rings (SSSR count). The smallest absolute Gasteiger partial charge is 0.295 e. The van der Waals surface area contributed by atoms with Crippen LogP contribution in [-0.4, -0.2) is 110 Å². The molecular formula is C28H28O17. The molecule has 17 nitrogen and oxygen atoms in total. The molecule has 0 amide bonds. The predicted molar refractivity (Wildman–Crippen MR) is 143 cm³/mol. The highest BCUT2D eigenvalue weighted by Crippen LogP contribution is 2.35. The van der Waals surface area contributed by atoms with Crippen molar-refractivity contribution in [2.75, 3.05) is 0 Å². The summed E-state index contributed by atoms with van der Waals surface area (Å²) in [4.78, 5) is 34.7. The molecule has 0 radical (unpaired) electrons. The Kier molecular flexibility index (Phi) is 9.23. The molecule has 1 aromatic heterocycles. The van der Waals surface area contributed by atoms with E-state index in [1.54, 1.807) is 19.1 Å². The van der Waals surface area contributed by atoms with Gasteiger partial charge in [0, 0.05) is 23.8 Å². The first kappa shape index (κ1) is 32.1. The topological polar surface area (TPSA) is 261 Å². The van der Waals surface area contributed by atoms with Crippen LogP contribution in [0, 0.1) is 6.92 Å². The number of aryl methyl sites for hydroxylation is 1. The van der Waals surface area contributed by atoms with Gasteiger partial charge in [0.1, 0.15) is 64.5 Å². The zero-order valence-electron chi connectivity index (χ0n) is 23.1. The van der Waals surface area contributed by atoms with E-state index < -0.39 is 73.0 Å². The third kappa shape index (κ3) is 6.28. The Bertz CT molecular complexity index is 1610. The van der Waals surface area contributed by atoms with Crippen LogP contribution < -0.4 is 10.2 Å². The number of ether oxygens (including phenoxy) is 6. The number of phenolic OH excluding ortho intramolecular Hbond substituents is 2. The molecule has 3 aromatic rings. The SMILES string of the molecule is Cc1ccc(-c2cc(=O)c3c(O)cc(O[C@@H]4OC(OC=O)[C@@H](O)[C@H](O)C4O[C@@H]4OC(OC=O)[C@@H](O)[C@H](O)C4O)cc3o2)cc1O. The van der Waals surface area contributed by atoms with Crippen LogP contribution in [0.25, 0.3) is 22.3 Å². The minimum atomic E-state index is -1.99. The van der Waals surface area contributed by atoms with E-state index in [1.165, 1.54) is 12.1 Å². The lowest BCUT2D eigenvalue weighted by molar-refractivity contribution is -0.387. The highest BCUT2D eigenvalue weighted by atomic mass is 16.8. The number of aromatic hydroxyl groups is 2. The molecule has 242 valence electrons. The van der Waals surface area contributed by atoms with E-state index in [-0.39, 0.29) is 41.2 Å². The first-order valence-corrected chi connectivity index (χ1v) is 13.3. The second-order valence-electron chi connectivity index (χ2n) is 10.2. The van der Waals surface area contributed by atoms with Crippen molar-refractivity contribution in [2.24, 2.45) is 0 Å². The predicted octanol–water partition coefficient (Wildman–Crippen LogP) is -1.54. The van der Waals surface area contributed by atoms with Gasteiger partial charge in [0.15, 0.2) is 17.8 Å². The van der Waals surface area contributed by atoms with Gasteiger partial charge < -0.3 is 63.8 Å². The van der Waals surface area contributed by atoms with Crippen molar-refractivity contribution in [1.29, 1.82) is 0 Å². The van der Waals surface area contributed by atoms with E-state index in [2.05, 4.69) is 9.47 Å². The van der Waals surface area contributed by atoms with Gasteiger partial charge in [-0.25, -0.2) is 0 Å². The van der Waals surface area contributed by atoms with Crippen molar-refractivity contribution in [1.82, 2.24) is 0 Å². The summed E-state index contributed by atoms with van der Waals surface area (Å²) in [6.07, 6.45) is -19.0. The third-order valence-electron chi connectivity index (χ3n) is 7.23. The van der Waals surface area contributed by atoms with Gasteiger partial charge in [-0.15, -0.1) is 0 Å². The van der Waals surface area contributed by atoms with Crippen molar-refractivity contribution < 1.29 is 78.2 Å². The molecule has 2 aliphatic heterocycles. The lowest BCUT2D eigenvalue weighted by Crippen LogP contribution is -2.64. The second-order valence-corrected chi connectivity index (χ2v) is 10.2. The Hall–Kier alpha value is -4.33. The normalized spacial score (nSPS) is 31.7. The summed E-state index contributed by atoms with van der Waals surface area (Å²) >= 11 is 0. The number of hydrogen-bond acceptors (Lipinski definition) is 17. The number of benzene rings is 2. The summed E-state index contributed by atoms with van der Waals surface area (Å²) in [5.74, 6) is -0.881. The third-order valence-corrected chi connectivity index (χ3v) is 7.23. The number of rotatable bonds is 9. The van der Waals surface area contributed by atoms with Gasteiger partial charge in [-0.1, -0.05) is 12.1 Å². The van der Waals surface area contributed by atoms with E-state index >= 15 is 0 Å². The summed E-state index contributed by atoms with van der Waals surface area (Å²) in [6.45, 7) is 1.50. The van der Waals surface area contributed by atoms with Crippen LogP contribution in [0.15, 0.2) is 45.6 Å². The minimum absolute atomic E-state index is 0.0312. The molecule has 0 aliphatic carbocycles. The number of hydrogen-bond donors (Lipinski definition) is 7. The van der Waals surface area contributed by atoms with Crippen molar-refractivity contribution in [2.45, 2.75) is 68.7 Å². The Balaban J connectivity index is 1.49. The molecule has 2 aliphatic rings. The molecule has 0 saturated carbocycles. The molecule has 0 bridgehead atoms. The monoisotopic (exact) mass is 636 g/mol. The van der Waals surface area contributed by atoms with Gasteiger partial charge in [0.2, 0.25) is 18.9 Å². The molecule has 10 atom stereocenters. The van der Waals surface area contributed by atoms with Gasteiger partial charge >= 0.3 is 0 Å². The standard InChI is InChI=1S/C28H28O17/c1-10-2-3-11(4-13(10)31)16-7-15(33)18-14(32)5-12(6-17(18)42-16)41-28-24(20(35)23(38)26(45-28)40-9-30)43-27-22(37)19(34)21(36)25(44-27)39-8-29/h2-9,19-28,31-32,34-38H,1H3/t19-,20-,21-,22?,23-,24?,25?,26?,27+,28+/m0/s1. The van der Waals surface area contributed by atoms with Crippen LogP contribution in [0.2, 0.25) is 0 Å². The Morgan fingerprint density at radius 3 is 2.00 bits per heavy atom. The lowest BCUT2D eigenvalue weighted by atomic mass is 10.0.